The molecule has 2 aliphatic rings. The first-order valence-corrected chi connectivity index (χ1v) is 8.06. The van der Waals surface area contributed by atoms with Crippen LogP contribution in [0.15, 0.2) is 24.3 Å². The number of rotatable bonds is 3. The fraction of sp³-hybridized carbons (Fsp3) is 0.556. The van der Waals surface area contributed by atoms with Crippen molar-refractivity contribution in [3.63, 3.8) is 0 Å². The number of aryl methyl sites for hydroxylation is 1. The molecule has 1 aliphatic carbocycles. The number of nitrogens with zero attached hydrogens (tertiary/aromatic N) is 1. The van der Waals surface area contributed by atoms with Crippen LogP contribution in [0.4, 0.5) is 0 Å². The normalized spacial score (nSPS) is 23.9. The summed E-state index contributed by atoms with van der Waals surface area (Å²) in [4.78, 5) is 26.5. The Morgan fingerprint density at radius 3 is 2.62 bits per heavy atom. The first-order chi connectivity index (χ1) is 10.1. The average molecular weight is 285 g/mol. The Morgan fingerprint density at radius 1 is 1.14 bits per heavy atom. The second-order valence-electron chi connectivity index (χ2n) is 6.49. The first-order valence-electron chi connectivity index (χ1n) is 8.06. The van der Waals surface area contributed by atoms with Gasteiger partial charge in [0, 0.05) is 12.5 Å². The van der Waals surface area contributed by atoms with Crippen LogP contribution in [-0.4, -0.2) is 22.8 Å². The lowest BCUT2D eigenvalue weighted by Crippen LogP contribution is -2.41. The van der Waals surface area contributed by atoms with Gasteiger partial charge in [0.15, 0.2) is 0 Å². The summed E-state index contributed by atoms with van der Waals surface area (Å²) in [6.45, 7) is 2.06. The van der Waals surface area contributed by atoms with Crippen molar-refractivity contribution in [1.82, 2.24) is 4.90 Å². The Labute approximate surface area is 126 Å². The van der Waals surface area contributed by atoms with Gasteiger partial charge in [-0.3, -0.25) is 14.5 Å². The van der Waals surface area contributed by atoms with Gasteiger partial charge >= 0.3 is 0 Å². The van der Waals surface area contributed by atoms with E-state index in [1.54, 1.807) is 4.90 Å². The van der Waals surface area contributed by atoms with Crippen LogP contribution in [0.5, 0.6) is 0 Å². The molecule has 2 fully saturated rings. The van der Waals surface area contributed by atoms with Crippen molar-refractivity contribution in [3.8, 4) is 0 Å². The van der Waals surface area contributed by atoms with E-state index < -0.39 is 0 Å². The molecule has 0 bridgehead atoms. The smallest absolute Gasteiger partial charge is 0.233 e. The molecule has 3 heteroatoms. The molecule has 1 saturated carbocycles. The van der Waals surface area contributed by atoms with Crippen molar-refractivity contribution in [3.05, 3.63) is 35.4 Å². The number of carbonyl (C=O) groups is 2. The van der Waals surface area contributed by atoms with E-state index in [9.17, 15) is 9.59 Å². The van der Waals surface area contributed by atoms with Gasteiger partial charge in [0.05, 0.1) is 5.92 Å². The number of carbonyl (C=O) groups excluding carboxylic acids is 2. The summed E-state index contributed by atoms with van der Waals surface area (Å²) < 4.78 is 0. The molecule has 0 spiro atoms. The first kappa shape index (κ1) is 14.3. The highest BCUT2D eigenvalue weighted by Gasteiger charge is 2.42. The summed E-state index contributed by atoms with van der Waals surface area (Å²) in [6, 6.07) is 8.40. The molecule has 2 amide bonds. The van der Waals surface area contributed by atoms with Crippen molar-refractivity contribution < 1.29 is 9.59 Å². The van der Waals surface area contributed by atoms with Crippen molar-refractivity contribution in [2.24, 2.45) is 5.92 Å². The van der Waals surface area contributed by atoms with Crippen LogP contribution in [-0.2, 0) is 16.0 Å². The van der Waals surface area contributed by atoms with E-state index in [0.717, 1.165) is 31.2 Å². The second kappa shape index (κ2) is 6.00. The highest BCUT2D eigenvalue weighted by Crippen LogP contribution is 2.31. The van der Waals surface area contributed by atoms with E-state index in [2.05, 4.69) is 19.1 Å². The number of hydrogen-bond donors (Lipinski definition) is 0. The Balaban J connectivity index is 1.71. The number of hydrogen-bond acceptors (Lipinski definition) is 2. The lowest BCUT2D eigenvalue weighted by atomic mass is 9.94. The molecule has 1 aliphatic heterocycles. The van der Waals surface area contributed by atoms with Gasteiger partial charge < -0.3 is 0 Å². The fourth-order valence-electron chi connectivity index (χ4n) is 3.72. The number of imide groups is 1. The Morgan fingerprint density at radius 2 is 1.90 bits per heavy atom. The van der Waals surface area contributed by atoms with E-state index in [0.29, 0.717) is 12.8 Å². The molecule has 0 N–H and O–H groups in total. The minimum atomic E-state index is -0.152. The summed E-state index contributed by atoms with van der Waals surface area (Å²) in [7, 11) is 0. The molecule has 1 saturated heterocycles. The number of amides is 2. The molecule has 0 radical (unpaired) electrons. The van der Waals surface area contributed by atoms with Crippen LogP contribution in [0.1, 0.15) is 49.7 Å². The second-order valence-corrected chi connectivity index (χ2v) is 6.49. The molecule has 1 heterocycles. The Bertz CT molecular complexity index is 546. The molecule has 3 rings (SSSR count). The highest BCUT2D eigenvalue weighted by molar-refractivity contribution is 6.04. The minimum absolute atomic E-state index is 0.0459. The average Bonchev–Trinajstić information content (AvgIpc) is 2.74. The number of likely N-dealkylation sites (tertiary alicyclic amines) is 1. The Kier molecular flexibility index (Phi) is 4.09. The maximum Gasteiger partial charge on any atom is 0.233 e. The van der Waals surface area contributed by atoms with Crippen molar-refractivity contribution in [2.45, 2.75) is 57.9 Å². The summed E-state index contributed by atoms with van der Waals surface area (Å²) in [5.41, 5.74) is 2.36. The summed E-state index contributed by atoms with van der Waals surface area (Å²) in [5, 5.41) is 0. The van der Waals surface area contributed by atoms with Gasteiger partial charge in [0.2, 0.25) is 11.8 Å². The topological polar surface area (TPSA) is 37.4 Å². The maximum atomic E-state index is 12.6. The molecule has 3 nitrogen and oxygen atoms in total. The largest absolute Gasteiger partial charge is 0.279 e. The van der Waals surface area contributed by atoms with Crippen LogP contribution in [0, 0.1) is 12.8 Å². The van der Waals surface area contributed by atoms with Gasteiger partial charge in [-0.05, 0) is 31.7 Å². The summed E-state index contributed by atoms with van der Waals surface area (Å²) in [5.74, 6) is -0.0424. The van der Waals surface area contributed by atoms with Gasteiger partial charge in [-0.2, -0.15) is 0 Å². The predicted molar refractivity (Wildman–Crippen MR) is 81.7 cm³/mol. The zero-order valence-electron chi connectivity index (χ0n) is 12.7. The quantitative estimate of drug-likeness (QED) is 0.799. The molecule has 1 unspecified atom stereocenters. The minimum Gasteiger partial charge on any atom is -0.279 e. The zero-order valence-corrected chi connectivity index (χ0v) is 12.7. The van der Waals surface area contributed by atoms with E-state index in [1.807, 2.05) is 12.1 Å². The number of benzene rings is 1. The van der Waals surface area contributed by atoms with E-state index in [4.69, 9.17) is 0 Å². The SMILES string of the molecule is Cc1cccc(CC2CC(=O)N(C3CCCCC3)C2=O)c1. The van der Waals surface area contributed by atoms with Crippen LogP contribution >= 0.6 is 0 Å². The molecular weight excluding hydrogens is 262 g/mol. The fourth-order valence-corrected chi connectivity index (χ4v) is 3.72. The van der Waals surface area contributed by atoms with E-state index >= 15 is 0 Å². The van der Waals surface area contributed by atoms with Crippen molar-refractivity contribution >= 4 is 11.8 Å². The molecule has 1 aromatic carbocycles. The summed E-state index contributed by atoms with van der Waals surface area (Å²) >= 11 is 0. The Hall–Kier alpha value is -1.64. The summed E-state index contributed by atoms with van der Waals surface area (Å²) in [6.07, 6.45) is 6.59. The molecule has 0 aromatic heterocycles. The third-order valence-electron chi connectivity index (χ3n) is 4.78. The lowest BCUT2D eigenvalue weighted by Gasteiger charge is -2.29. The van der Waals surface area contributed by atoms with E-state index in [-0.39, 0.29) is 23.8 Å². The third-order valence-corrected chi connectivity index (χ3v) is 4.78. The third kappa shape index (κ3) is 3.02. The zero-order chi connectivity index (χ0) is 14.8. The van der Waals surface area contributed by atoms with Crippen LogP contribution in [0.25, 0.3) is 0 Å². The highest BCUT2D eigenvalue weighted by atomic mass is 16.2. The molecule has 21 heavy (non-hydrogen) atoms. The lowest BCUT2D eigenvalue weighted by molar-refractivity contribution is -0.142. The van der Waals surface area contributed by atoms with Crippen molar-refractivity contribution in [2.75, 3.05) is 0 Å². The van der Waals surface area contributed by atoms with Gasteiger partial charge in [-0.1, -0.05) is 49.1 Å². The van der Waals surface area contributed by atoms with Gasteiger partial charge in [0.1, 0.15) is 0 Å². The molecule has 1 atom stereocenters. The van der Waals surface area contributed by atoms with Crippen LogP contribution in [0.3, 0.4) is 0 Å². The van der Waals surface area contributed by atoms with Crippen molar-refractivity contribution in [1.29, 1.82) is 0 Å². The predicted octanol–water partition coefficient (Wildman–Crippen LogP) is 3.25. The van der Waals surface area contributed by atoms with Gasteiger partial charge in [-0.25, -0.2) is 0 Å². The molecule has 112 valence electrons. The van der Waals surface area contributed by atoms with Gasteiger partial charge in [-0.15, -0.1) is 0 Å². The standard InChI is InChI=1S/C18H23NO2/c1-13-6-5-7-14(10-13)11-15-12-17(20)19(18(15)21)16-8-3-2-4-9-16/h5-7,10,15-16H,2-4,8-9,11-12H2,1H3. The van der Waals surface area contributed by atoms with Crippen LogP contribution in [0.2, 0.25) is 0 Å². The molecular formula is C18H23NO2. The van der Waals surface area contributed by atoms with Gasteiger partial charge in [0.25, 0.3) is 0 Å². The monoisotopic (exact) mass is 285 g/mol. The van der Waals surface area contributed by atoms with E-state index in [1.165, 1.54) is 12.0 Å². The maximum absolute atomic E-state index is 12.6. The van der Waals surface area contributed by atoms with Crippen LogP contribution < -0.4 is 0 Å². The molecule has 1 aromatic rings.